The summed E-state index contributed by atoms with van der Waals surface area (Å²) in [6, 6.07) is 19.3. The van der Waals surface area contributed by atoms with E-state index in [1.807, 2.05) is 38.1 Å². The van der Waals surface area contributed by atoms with Gasteiger partial charge in [0.05, 0.1) is 0 Å². The number of carbonyl (C=O) groups is 2. The van der Waals surface area contributed by atoms with Crippen LogP contribution in [0.5, 0.6) is 11.5 Å². The fourth-order valence-electron chi connectivity index (χ4n) is 3.63. The van der Waals surface area contributed by atoms with Crippen molar-refractivity contribution in [2.75, 3.05) is 0 Å². The summed E-state index contributed by atoms with van der Waals surface area (Å²) in [5, 5.41) is 0. The van der Waals surface area contributed by atoms with E-state index in [0.29, 0.717) is 34.6 Å². The van der Waals surface area contributed by atoms with Gasteiger partial charge in [0.15, 0.2) is 0 Å². The molecule has 0 saturated carbocycles. The first-order chi connectivity index (χ1) is 16.5. The number of carbonyl (C=O) groups excluding carboxylic acids is 2. The van der Waals surface area contributed by atoms with Crippen LogP contribution in [-0.4, -0.2) is 11.9 Å². The molecule has 35 heavy (non-hydrogen) atoms. The van der Waals surface area contributed by atoms with Crippen LogP contribution in [0.2, 0.25) is 0 Å². The van der Waals surface area contributed by atoms with Gasteiger partial charge < -0.3 is 9.47 Å². The third-order valence-electron chi connectivity index (χ3n) is 5.57. The fourth-order valence-corrected chi connectivity index (χ4v) is 3.63. The summed E-state index contributed by atoms with van der Waals surface area (Å²) in [6.07, 6.45) is 0.598. The molecule has 0 aliphatic rings. The first-order valence-electron chi connectivity index (χ1n) is 11.2. The van der Waals surface area contributed by atoms with Crippen molar-refractivity contribution in [1.29, 1.82) is 0 Å². The van der Waals surface area contributed by atoms with Crippen molar-refractivity contribution >= 4 is 11.9 Å². The SMILES string of the molecule is C=C(C)C(=O)Oc1ccc(CC(C)(C)c2ccc(-c3ccc(OC(=O)C(=C)C)cc3)cc2F)cc1. The van der Waals surface area contributed by atoms with E-state index >= 15 is 4.39 Å². The van der Waals surface area contributed by atoms with E-state index in [1.54, 1.807) is 50.2 Å². The van der Waals surface area contributed by atoms with E-state index in [4.69, 9.17) is 9.47 Å². The molecule has 3 aromatic rings. The largest absolute Gasteiger partial charge is 0.423 e. The highest BCUT2D eigenvalue weighted by Crippen LogP contribution is 2.33. The first-order valence-corrected chi connectivity index (χ1v) is 11.2. The standard InChI is InChI=1S/C30H29FO4/c1-19(2)28(32)34-24-12-7-21(8-13-24)18-30(5,6)26-16-11-23(17-27(26)31)22-9-14-25(15-10-22)35-29(33)20(3)4/h7-17H,1,3,18H2,2,4-6H3. The van der Waals surface area contributed by atoms with Gasteiger partial charge in [-0.05, 0) is 78.3 Å². The highest BCUT2D eigenvalue weighted by molar-refractivity contribution is 5.89. The van der Waals surface area contributed by atoms with Crippen LogP contribution in [-0.2, 0) is 21.4 Å². The van der Waals surface area contributed by atoms with Gasteiger partial charge >= 0.3 is 11.9 Å². The minimum Gasteiger partial charge on any atom is -0.423 e. The third kappa shape index (κ3) is 6.54. The molecule has 3 aromatic carbocycles. The zero-order valence-electron chi connectivity index (χ0n) is 20.5. The third-order valence-corrected chi connectivity index (χ3v) is 5.57. The number of esters is 2. The zero-order valence-corrected chi connectivity index (χ0v) is 20.5. The van der Waals surface area contributed by atoms with E-state index < -0.39 is 17.4 Å². The molecule has 0 radical (unpaired) electrons. The highest BCUT2D eigenvalue weighted by Gasteiger charge is 2.25. The topological polar surface area (TPSA) is 52.6 Å². The van der Waals surface area contributed by atoms with E-state index in [9.17, 15) is 9.59 Å². The molecule has 0 amide bonds. The molecule has 0 bridgehead atoms. The van der Waals surface area contributed by atoms with Gasteiger partial charge in [-0.15, -0.1) is 0 Å². The number of halogens is 1. The summed E-state index contributed by atoms with van der Waals surface area (Å²) < 4.78 is 25.6. The van der Waals surface area contributed by atoms with Gasteiger partial charge in [-0.2, -0.15) is 0 Å². The molecule has 0 aromatic heterocycles. The summed E-state index contributed by atoms with van der Waals surface area (Å²) in [5.74, 6) is -0.408. The monoisotopic (exact) mass is 472 g/mol. The molecular formula is C30H29FO4. The molecule has 0 saturated heterocycles. The maximum atomic E-state index is 15.2. The number of hydrogen-bond donors (Lipinski definition) is 0. The number of rotatable bonds is 8. The van der Waals surface area contributed by atoms with Gasteiger partial charge in [0.1, 0.15) is 17.3 Å². The quantitative estimate of drug-likeness (QED) is 0.202. The Bertz CT molecular complexity index is 1270. The minimum atomic E-state index is -0.488. The lowest BCUT2D eigenvalue weighted by Crippen LogP contribution is -2.22. The molecule has 0 atom stereocenters. The first kappa shape index (κ1) is 25.6. The Morgan fingerprint density at radius 2 is 1.23 bits per heavy atom. The van der Waals surface area contributed by atoms with Crippen LogP contribution in [0.4, 0.5) is 4.39 Å². The van der Waals surface area contributed by atoms with Crippen LogP contribution in [0.1, 0.15) is 38.8 Å². The van der Waals surface area contributed by atoms with Gasteiger partial charge in [0.25, 0.3) is 0 Å². The smallest absolute Gasteiger partial charge is 0.338 e. The summed E-state index contributed by atoms with van der Waals surface area (Å²) in [6.45, 7) is 14.3. The Morgan fingerprint density at radius 3 is 1.69 bits per heavy atom. The van der Waals surface area contributed by atoms with Crippen molar-refractivity contribution < 1.29 is 23.5 Å². The van der Waals surface area contributed by atoms with Crippen LogP contribution < -0.4 is 9.47 Å². The molecule has 4 nitrogen and oxygen atoms in total. The lowest BCUT2D eigenvalue weighted by molar-refractivity contribution is -0.130. The molecule has 0 unspecified atom stereocenters. The van der Waals surface area contributed by atoms with Crippen molar-refractivity contribution in [2.24, 2.45) is 0 Å². The fraction of sp³-hybridized carbons (Fsp3) is 0.200. The number of hydrogen-bond acceptors (Lipinski definition) is 4. The van der Waals surface area contributed by atoms with Crippen LogP contribution >= 0.6 is 0 Å². The average Bonchev–Trinajstić information content (AvgIpc) is 2.80. The predicted molar refractivity (Wildman–Crippen MR) is 136 cm³/mol. The van der Waals surface area contributed by atoms with Crippen molar-refractivity contribution in [2.45, 2.75) is 39.5 Å². The van der Waals surface area contributed by atoms with Crippen LogP contribution in [0.3, 0.4) is 0 Å². The maximum Gasteiger partial charge on any atom is 0.338 e. The van der Waals surface area contributed by atoms with Gasteiger partial charge in [0, 0.05) is 11.1 Å². The van der Waals surface area contributed by atoms with Crippen molar-refractivity contribution in [3.8, 4) is 22.6 Å². The van der Waals surface area contributed by atoms with E-state index in [1.165, 1.54) is 6.07 Å². The Hall–Kier alpha value is -3.99. The molecule has 5 heteroatoms. The number of benzene rings is 3. The van der Waals surface area contributed by atoms with Crippen molar-refractivity contribution in [3.63, 3.8) is 0 Å². The van der Waals surface area contributed by atoms with Crippen molar-refractivity contribution in [1.82, 2.24) is 0 Å². The summed E-state index contributed by atoms with van der Waals surface area (Å²) in [7, 11) is 0. The zero-order chi connectivity index (χ0) is 25.8. The Kier molecular flexibility index (Phi) is 7.70. The second-order valence-electron chi connectivity index (χ2n) is 9.26. The molecule has 3 rings (SSSR count). The molecule has 0 fully saturated rings. The molecule has 180 valence electrons. The molecule has 0 aliphatic carbocycles. The van der Waals surface area contributed by atoms with Gasteiger partial charge in [-0.3, -0.25) is 0 Å². The lowest BCUT2D eigenvalue weighted by Gasteiger charge is -2.26. The normalized spacial score (nSPS) is 11.0. The summed E-state index contributed by atoms with van der Waals surface area (Å²) in [4.78, 5) is 23.3. The van der Waals surface area contributed by atoms with E-state index in [0.717, 1.165) is 16.7 Å². The summed E-state index contributed by atoms with van der Waals surface area (Å²) in [5.41, 5.74) is 3.30. The predicted octanol–water partition coefficient (Wildman–Crippen LogP) is 6.98. The highest BCUT2D eigenvalue weighted by atomic mass is 19.1. The van der Waals surface area contributed by atoms with Crippen LogP contribution in [0.15, 0.2) is 91.0 Å². The maximum absolute atomic E-state index is 15.2. The number of ether oxygens (including phenoxy) is 2. The van der Waals surface area contributed by atoms with Crippen LogP contribution in [0.25, 0.3) is 11.1 Å². The molecule has 0 heterocycles. The second kappa shape index (κ2) is 10.5. The van der Waals surface area contributed by atoms with Gasteiger partial charge in [-0.1, -0.05) is 63.4 Å². The van der Waals surface area contributed by atoms with Gasteiger partial charge in [-0.25, -0.2) is 14.0 Å². The summed E-state index contributed by atoms with van der Waals surface area (Å²) >= 11 is 0. The van der Waals surface area contributed by atoms with E-state index in [2.05, 4.69) is 13.2 Å². The molecular weight excluding hydrogens is 443 g/mol. The molecule has 0 aliphatic heterocycles. The second-order valence-corrected chi connectivity index (χ2v) is 9.26. The lowest BCUT2D eigenvalue weighted by atomic mass is 9.78. The van der Waals surface area contributed by atoms with Crippen molar-refractivity contribution in [3.05, 3.63) is 108 Å². The van der Waals surface area contributed by atoms with Crippen LogP contribution in [0, 0.1) is 5.82 Å². The average molecular weight is 473 g/mol. The molecule has 0 spiro atoms. The Morgan fingerprint density at radius 1 is 0.771 bits per heavy atom. The van der Waals surface area contributed by atoms with Gasteiger partial charge in [0.2, 0.25) is 0 Å². The Balaban J connectivity index is 1.73. The van der Waals surface area contributed by atoms with E-state index in [-0.39, 0.29) is 5.82 Å². The Labute approximate surface area is 205 Å². The minimum absolute atomic E-state index is 0.294. The molecule has 0 N–H and O–H groups in total.